The van der Waals surface area contributed by atoms with Crippen LogP contribution in [0.4, 0.5) is 4.79 Å². The number of ketones is 5. The Morgan fingerprint density at radius 2 is 1.39 bits per heavy atom. The Hall–Kier alpha value is -8.11. The van der Waals surface area contributed by atoms with Crippen LogP contribution < -0.4 is 0 Å². The van der Waals surface area contributed by atoms with Crippen LogP contribution in [0.25, 0.3) is 0 Å². The van der Waals surface area contributed by atoms with Gasteiger partial charge in [-0.15, -0.1) is 13.0 Å². The van der Waals surface area contributed by atoms with Gasteiger partial charge in [-0.3, -0.25) is 38.4 Å². The smallest absolute Gasteiger partial charge is 0.464 e. The lowest BCUT2D eigenvalue weighted by molar-refractivity contribution is -0.302. The van der Waals surface area contributed by atoms with Gasteiger partial charge in [0, 0.05) is 71.2 Å². The number of rotatable bonds is 22. The van der Waals surface area contributed by atoms with Crippen molar-refractivity contribution in [2.45, 2.75) is 193 Å². The normalized spacial score (nSPS) is 28.7. The van der Waals surface area contributed by atoms with Gasteiger partial charge in [-0.05, 0) is 173 Å². The molecule has 0 aromatic rings. The zero-order valence-corrected chi connectivity index (χ0v) is 57.0. The fraction of sp³-hybridized carbons (Fsp3) is 0.613. The van der Waals surface area contributed by atoms with Gasteiger partial charge in [0.1, 0.15) is 50.2 Å². The second-order valence-corrected chi connectivity index (χ2v) is 24.4. The number of esters is 2. The molecule has 3 unspecified atom stereocenters. The van der Waals surface area contributed by atoms with Crippen LogP contribution in [0.3, 0.4) is 0 Å². The topological polar surface area (TPSA) is 286 Å². The van der Waals surface area contributed by atoms with E-state index in [1.54, 1.807) is 19.9 Å². The van der Waals surface area contributed by atoms with Crippen LogP contribution in [0, 0.1) is 131 Å². The van der Waals surface area contributed by atoms with E-state index in [0.717, 1.165) is 18.1 Å². The Labute approximate surface area is 566 Å². The summed E-state index contributed by atoms with van der Waals surface area (Å²) >= 11 is 0. The molecule has 4 rings (SSSR count). The summed E-state index contributed by atoms with van der Waals surface area (Å²) in [5.41, 5.74) is 1.71. The van der Waals surface area contributed by atoms with Gasteiger partial charge in [0.2, 0.25) is 11.6 Å². The summed E-state index contributed by atoms with van der Waals surface area (Å²) in [5.74, 6) is 20.5. The molecular weight excluding hydrogens is 1240 g/mol. The van der Waals surface area contributed by atoms with Crippen LogP contribution in [-0.4, -0.2) is 167 Å². The minimum absolute atomic E-state index is 0.0225. The standard InChI is InChI=1S/C60H90O21.C15H4/c1-11-14-42-24-35(2)23-36(3)25-53(73-9)57-54(74-10)27-38(5)60(71,81-57)58(69)56(68)46-16-13-12-15-45(46)50(66)29-47(39(6)48(64)30-49(42)65)37(4)26-41-17-19-51(52(28-41)72-8)80-59(70)77-22-21-75-31-43(63)18-20-55(67)79-44(32-76-34-61)33-78-40(7)62;1-3-5-7-9-11-13-15-14-12-10-8-6-4-2/h11,24,26,34,36,38-39,41-42,44-48,51-54,57,64,71H,1,12-23,25,27-33H2,2-10H3;1H,2H3/b35-24+,37-26+;/t36-,38+,39-,41?,42+,44?,45+,46?,47+,48-,51+,52+,53-,54-,57+,60+;/m0./s1. The summed E-state index contributed by atoms with van der Waals surface area (Å²) < 4.78 is 54.7. The van der Waals surface area contributed by atoms with Crippen LogP contribution >= 0.6 is 0 Å². The molecule has 1 saturated heterocycles. The monoisotopic (exact) mass is 1330 g/mol. The van der Waals surface area contributed by atoms with Gasteiger partial charge in [-0.25, -0.2) is 4.79 Å². The Bertz CT molecular complexity index is 3190. The van der Waals surface area contributed by atoms with Crippen molar-refractivity contribution in [1.82, 2.24) is 0 Å². The van der Waals surface area contributed by atoms with E-state index in [9.17, 15) is 53.4 Å². The predicted molar refractivity (Wildman–Crippen MR) is 352 cm³/mol. The molecule has 16 atom stereocenters. The van der Waals surface area contributed by atoms with Crippen LogP contribution in [0.1, 0.15) is 145 Å². The third-order valence-electron chi connectivity index (χ3n) is 17.3. The highest BCUT2D eigenvalue weighted by Gasteiger charge is 2.57. The zero-order valence-electron chi connectivity index (χ0n) is 57.0. The first kappa shape index (κ1) is 82.1. The highest BCUT2D eigenvalue weighted by atomic mass is 16.7. The number of hydrogen-bond acceptors (Lipinski definition) is 21. The van der Waals surface area contributed by atoms with Crippen molar-refractivity contribution in [2.75, 3.05) is 54.4 Å². The lowest BCUT2D eigenvalue weighted by Crippen LogP contribution is -2.62. The molecule has 2 bridgehead atoms. The van der Waals surface area contributed by atoms with Crippen LogP contribution in [-0.2, 0) is 85.7 Å². The number of fused-ring (bicyclic) bond motifs is 3. The van der Waals surface area contributed by atoms with E-state index in [4.69, 9.17) is 49.1 Å². The zero-order chi connectivity index (χ0) is 71.2. The van der Waals surface area contributed by atoms with Crippen LogP contribution in [0.5, 0.6) is 0 Å². The van der Waals surface area contributed by atoms with Crippen molar-refractivity contribution in [3.05, 3.63) is 36.0 Å². The number of hydrogen-bond donors (Lipinski definition) is 2. The van der Waals surface area contributed by atoms with E-state index in [0.29, 0.717) is 57.8 Å². The minimum atomic E-state index is -2.50. The number of aliphatic hydroxyl groups excluding tert-OH is 1. The maximum absolute atomic E-state index is 14.9. The van der Waals surface area contributed by atoms with Gasteiger partial charge in [0.15, 0.2) is 11.9 Å². The van der Waals surface area contributed by atoms with Gasteiger partial charge >= 0.3 is 18.1 Å². The lowest BCUT2D eigenvalue weighted by Gasteiger charge is -2.46. The van der Waals surface area contributed by atoms with Gasteiger partial charge in [0.05, 0.1) is 37.4 Å². The summed E-state index contributed by atoms with van der Waals surface area (Å²) in [6.07, 6.45) is 7.85. The maximum Gasteiger partial charge on any atom is 0.508 e. The van der Waals surface area contributed by atoms with Gasteiger partial charge in [-0.2, -0.15) is 0 Å². The number of methoxy groups -OCH3 is 3. The first-order valence-corrected chi connectivity index (χ1v) is 32.4. The molecule has 3 fully saturated rings. The van der Waals surface area contributed by atoms with Gasteiger partial charge < -0.3 is 57.6 Å². The number of aliphatic hydroxyl groups is 2. The molecule has 2 aliphatic heterocycles. The second-order valence-electron chi connectivity index (χ2n) is 24.4. The van der Waals surface area contributed by atoms with Crippen molar-refractivity contribution in [2.24, 2.45) is 47.3 Å². The summed E-state index contributed by atoms with van der Waals surface area (Å²) in [5, 5.41) is 24.2. The van der Waals surface area contributed by atoms with Crippen molar-refractivity contribution < 1.29 is 101 Å². The summed E-state index contributed by atoms with van der Waals surface area (Å²) in [6.45, 7) is 14.8. The molecule has 2 saturated carbocycles. The molecule has 0 spiro atoms. The van der Waals surface area contributed by atoms with E-state index in [1.807, 2.05) is 39.8 Å². The molecule has 0 radical (unpaired) electrons. The quantitative estimate of drug-likeness (QED) is 0.0207. The maximum atomic E-state index is 14.9. The van der Waals surface area contributed by atoms with E-state index in [2.05, 4.69) is 88.3 Å². The van der Waals surface area contributed by atoms with Gasteiger partial charge in [0.25, 0.3) is 12.3 Å². The number of carbonyl (C=O) groups excluding carboxylic acids is 9. The summed E-state index contributed by atoms with van der Waals surface area (Å²) in [7, 11) is 4.54. The lowest BCUT2D eigenvalue weighted by atomic mass is 9.69. The highest BCUT2D eigenvalue weighted by Crippen LogP contribution is 2.42. The van der Waals surface area contributed by atoms with Crippen molar-refractivity contribution in [3.63, 3.8) is 0 Å². The van der Waals surface area contributed by atoms with E-state index >= 15 is 0 Å². The van der Waals surface area contributed by atoms with Crippen molar-refractivity contribution in [3.8, 4) is 83.4 Å². The summed E-state index contributed by atoms with van der Waals surface area (Å²) in [6, 6.07) is 0. The van der Waals surface area contributed by atoms with E-state index in [-0.39, 0.29) is 101 Å². The number of allylic oxidation sites excluding steroid dienone is 5. The first-order valence-electron chi connectivity index (χ1n) is 32.4. The summed E-state index contributed by atoms with van der Waals surface area (Å²) in [4.78, 5) is 117. The molecule has 0 amide bonds. The van der Waals surface area contributed by atoms with E-state index < -0.39 is 119 Å². The molecule has 21 heteroatoms. The molecule has 21 nitrogen and oxygen atoms in total. The van der Waals surface area contributed by atoms with Crippen LogP contribution in [0.2, 0.25) is 0 Å². The molecule has 2 aliphatic carbocycles. The average molecular weight is 1330 g/mol. The molecule has 96 heavy (non-hydrogen) atoms. The van der Waals surface area contributed by atoms with Crippen LogP contribution in [0.15, 0.2) is 36.0 Å². The Morgan fingerprint density at radius 1 is 0.760 bits per heavy atom. The molecule has 0 aromatic heterocycles. The molecule has 0 aromatic carbocycles. The minimum Gasteiger partial charge on any atom is -0.464 e. The third-order valence-corrected chi connectivity index (χ3v) is 17.3. The molecule has 4 aliphatic rings. The van der Waals surface area contributed by atoms with Gasteiger partial charge in [-0.1, -0.05) is 68.9 Å². The number of ether oxygens (including phenoxy) is 10. The number of carbonyl (C=O) groups is 9. The fourth-order valence-corrected chi connectivity index (χ4v) is 12.4. The Balaban J connectivity index is 0.00000141. The van der Waals surface area contributed by atoms with E-state index in [1.165, 1.54) is 21.3 Å². The SMILES string of the molecule is C#CC#CC#CC#CC#CC#CC#CC.C=CC[C@@H]1/C=C(\C)C[C@H](C)C[C@H](OC)[C@H]2O[C@@](O)(C(=O)C(=O)C3CCCC[C@H]3C(=O)C[C@H](/C(C)=C/C3CC[C@@H](OC(=O)OCCOCC(=O)CCC(=O)OC(COC=O)COC(C)=O)[C@H](OC)C3)[C@H](C)[C@@H](O)CC1=O)[C@H](C)C[C@@H]2OC. The molecule has 2 N–H and O–H groups in total. The molecule has 520 valence electrons. The second kappa shape index (κ2) is 44.6. The Kier molecular flexibility index (Phi) is 38.1. The predicted octanol–water partition coefficient (Wildman–Crippen LogP) is 7.13. The number of terminal acetylenes is 1. The fourth-order valence-electron chi connectivity index (χ4n) is 12.4. The number of Topliss-reactive ketones (excluding diaryl/α,β-unsaturated/α-hetero) is 5. The molecule has 2 heterocycles. The third kappa shape index (κ3) is 28.3. The highest BCUT2D eigenvalue weighted by molar-refractivity contribution is 6.41. The first-order chi connectivity index (χ1) is 45.9. The Morgan fingerprint density at radius 3 is 1.99 bits per heavy atom. The van der Waals surface area contributed by atoms with Crippen molar-refractivity contribution in [1.29, 1.82) is 0 Å². The van der Waals surface area contributed by atoms with Crippen molar-refractivity contribution >= 4 is 53.5 Å². The largest absolute Gasteiger partial charge is 0.508 e. The molecular formula is C75H94O21. The average Bonchev–Trinajstić information content (AvgIpc) is 0.773.